The summed E-state index contributed by atoms with van der Waals surface area (Å²) in [4.78, 5) is 39.7. The SMILES string of the molecule is CCCOc1ccc(N2C(=O)NC(=O)/C(=C/c3cc(Br)c(OCc4c(C)ccc5ccccc45)c(OC)c3)C2=O)cc1. The van der Waals surface area contributed by atoms with E-state index in [1.807, 2.05) is 26.0 Å². The van der Waals surface area contributed by atoms with Gasteiger partial charge in [0.15, 0.2) is 11.5 Å². The molecule has 0 saturated carbocycles. The summed E-state index contributed by atoms with van der Waals surface area (Å²) < 4.78 is 18.0. The fourth-order valence-electron chi connectivity index (χ4n) is 4.71. The van der Waals surface area contributed by atoms with E-state index in [1.165, 1.54) is 13.2 Å². The lowest BCUT2D eigenvalue weighted by Crippen LogP contribution is -2.54. The van der Waals surface area contributed by atoms with Gasteiger partial charge in [0, 0.05) is 5.56 Å². The molecule has 0 spiro atoms. The Balaban J connectivity index is 1.42. The van der Waals surface area contributed by atoms with Gasteiger partial charge < -0.3 is 14.2 Å². The quantitative estimate of drug-likeness (QED) is 0.159. The van der Waals surface area contributed by atoms with Crippen molar-refractivity contribution in [2.75, 3.05) is 18.6 Å². The number of barbiturate groups is 1. The molecule has 214 valence electrons. The van der Waals surface area contributed by atoms with Gasteiger partial charge in [-0.05, 0) is 93.6 Å². The predicted octanol–water partition coefficient (Wildman–Crippen LogP) is 6.95. The Morgan fingerprint density at radius 3 is 2.45 bits per heavy atom. The smallest absolute Gasteiger partial charge is 0.335 e. The molecule has 42 heavy (non-hydrogen) atoms. The molecule has 0 bridgehead atoms. The van der Waals surface area contributed by atoms with E-state index in [0.29, 0.717) is 46.2 Å². The van der Waals surface area contributed by atoms with Gasteiger partial charge in [-0.25, -0.2) is 9.69 Å². The van der Waals surface area contributed by atoms with E-state index in [1.54, 1.807) is 36.4 Å². The molecule has 0 unspecified atom stereocenters. The molecule has 0 atom stereocenters. The first kappa shape index (κ1) is 28.9. The fraction of sp³-hybridized carbons (Fsp3) is 0.182. The third-order valence-corrected chi connectivity index (χ3v) is 7.46. The molecule has 1 aliphatic rings. The molecule has 0 aromatic heterocycles. The monoisotopic (exact) mass is 628 g/mol. The number of halogens is 1. The van der Waals surface area contributed by atoms with Crippen molar-refractivity contribution in [1.82, 2.24) is 5.32 Å². The maximum absolute atomic E-state index is 13.4. The van der Waals surface area contributed by atoms with Crippen LogP contribution in [-0.4, -0.2) is 31.6 Å². The van der Waals surface area contributed by atoms with Crippen molar-refractivity contribution in [3.05, 3.63) is 99.5 Å². The minimum absolute atomic E-state index is 0.199. The van der Waals surface area contributed by atoms with Crippen LogP contribution in [0.5, 0.6) is 17.2 Å². The number of hydrogen-bond donors (Lipinski definition) is 1. The molecule has 0 aliphatic carbocycles. The summed E-state index contributed by atoms with van der Waals surface area (Å²) in [5, 5.41) is 4.48. The number of ether oxygens (including phenoxy) is 3. The Morgan fingerprint density at radius 1 is 0.952 bits per heavy atom. The Bertz CT molecular complexity index is 1710. The van der Waals surface area contributed by atoms with Crippen LogP contribution in [0.4, 0.5) is 10.5 Å². The van der Waals surface area contributed by atoms with Crippen LogP contribution in [0.3, 0.4) is 0 Å². The molecular formula is C33H29BrN2O6. The maximum atomic E-state index is 13.4. The number of anilines is 1. The first-order chi connectivity index (χ1) is 20.3. The predicted molar refractivity (Wildman–Crippen MR) is 165 cm³/mol. The highest BCUT2D eigenvalue weighted by Crippen LogP contribution is 2.38. The minimum atomic E-state index is -0.824. The highest BCUT2D eigenvalue weighted by Gasteiger charge is 2.37. The molecule has 9 heteroatoms. The number of carbonyl (C=O) groups excluding carboxylic acids is 3. The van der Waals surface area contributed by atoms with Crippen molar-refractivity contribution in [3.63, 3.8) is 0 Å². The van der Waals surface area contributed by atoms with E-state index < -0.39 is 17.8 Å². The van der Waals surface area contributed by atoms with Crippen molar-refractivity contribution in [2.45, 2.75) is 26.9 Å². The molecule has 4 amide bonds. The average Bonchev–Trinajstić information content (AvgIpc) is 2.98. The molecule has 1 saturated heterocycles. The number of methoxy groups -OCH3 is 1. The van der Waals surface area contributed by atoms with E-state index in [0.717, 1.165) is 33.2 Å². The fourth-order valence-corrected chi connectivity index (χ4v) is 5.29. The van der Waals surface area contributed by atoms with E-state index in [2.05, 4.69) is 45.5 Å². The zero-order chi connectivity index (χ0) is 29.8. The van der Waals surface area contributed by atoms with Gasteiger partial charge >= 0.3 is 6.03 Å². The van der Waals surface area contributed by atoms with E-state index in [4.69, 9.17) is 14.2 Å². The van der Waals surface area contributed by atoms with Crippen LogP contribution in [0.2, 0.25) is 0 Å². The molecule has 1 N–H and O–H groups in total. The third-order valence-electron chi connectivity index (χ3n) is 6.87. The molecule has 1 heterocycles. The molecule has 0 radical (unpaired) electrons. The molecular weight excluding hydrogens is 600 g/mol. The van der Waals surface area contributed by atoms with Crippen LogP contribution >= 0.6 is 15.9 Å². The van der Waals surface area contributed by atoms with Gasteiger partial charge in [0.25, 0.3) is 11.8 Å². The van der Waals surface area contributed by atoms with Crippen LogP contribution in [-0.2, 0) is 16.2 Å². The molecule has 1 aliphatic heterocycles. The zero-order valence-electron chi connectivity index (χ0n) is 23.4. The summed E-state index contributed by atoms with van der Waals surface area (Å²) in [7, 11) is 1.52. The molecule has 4 aromatic carbocycles. The van der Waals surface area contributed by atoms with Crippen LogP contribution < -0.4 is 24.4 Å². The van der Waals surface area contributed by atoms with Gasteiger partial charge in [-0.15, -0.1) is 0 Å². The van der Waals surface area contributed by atoms with Crippen molar-refractivity contribution < 1.29 is 28.6 Å². The lowest BCUT2D eigenvalue weighted by atomic mass is 10.0. The van der Waals surface area contributed by atoms with E-state index in [-0.39, 0.29) is 5.57 Å². The van der Waals surface area contributed by atoms with Gasteiger partial charge in [0.05, 0.1) is 23.9 Å². The van der Waals surface area contributed by atoms with E-state index >= 15 is 0 Å². The van der Waals surface area contributed by atoms with Gasteiger partial charge in [-0.2, -0.15) is 0 Å². The number of hydrogen-bond acceptors (Lipinski definition) is 6. The first-order valence-electron chi connectivity index (χ1n) is 13.4. The van der Waals surface area contributed by atoms with Crippen molar-refractivity contribution in [2.24, 2.45) is 0 Å². The Hall–Kier alpha value is -4.63. The standard InChI is InChI=1S/C33H29BrN2O6/c1-4-15-41-24-13-11-23(12-14-24)36-32(38)26(31(37)35-33(36)39)16-21-17-28(34)30(29(18-21)40-3)42-19-27-20(2)9-10-22-7-5-6-8-25(22)27/h5-14,16-18H,4,15,19H2,1-3H3,(H,35,37,39)/b26-16-. The second-order valence-corrected chi connectivity index (χ2v) is 10.6. The lowest BCUT2D eigenvalue weighted by Gasteiger charge is -2.26. The Labute approximate surface area is 252 Å². The third kappa shape index (κ3) is 5.87. The number of fused-ring (bicyclic) bond motifs is 1. The number of carbonyl (C=O) groups is 3. The number of imide groups is 2. The summed E-state index contributed by atoms with van der Waals surface area (Å²) in [6, 6.07) is 21.4. The second kappa shape index (κ2) is 12.5. The number of nitrogens with one attached hydrogen (secondary N) is 1. The molecule has 8 nitrogen and oxygen atoms in total. The number of benzene rings is 4. The van der Waals surface area contributed by atoms with Crippen LogP contribution in [0, 0.1) is 6.92 Å². The highest BCUT2D eigenvalue weighted by atomic mass is 79.9. The lowest BCUT2D eigenvalue weighted by molar-refractivity contribution is -0.122. The number of nitrogens with zero attached hydrogens (tertiary/aromatic N) is 1. The summed E-state index contributed by atoms with van der Waals surface area (Å²) in [5.74, 6) is -0.0204. The van der Waals surface area contributed by atoms with E-state index in [9.17, 15) is 14.4 Å². The molecule has 5 rings (SSSR count). The summed E-state index contributed by atoms with van der Waals surface area (Å²) in [6.45, 7) is 4.90. The Morgan fingerprint density at radius 2 is 1.71 bits per heavy atom. The topological polar surface area (TPSA) is 94.2 Å². The maximum Gasteiger partial charge on any atom is 0.335 e. The van der Waals surface area contributed by atoms with Crippen LogP contribution in [0.15, 0.2) is 82.8 Å². The average molecular weight is 630 g/mol. The normalized spacial score (nSPS) is 14.3. The van der Waals surface area contributed by atoms with Gasteiger partial charge in [-0.1, -0.05) is 43.3 Å². The number of aryl methyl sites for hydroxylation is 1. The van der Waals surface area contributed by atoms with Gasteiger partial charge in [0.1, 0.15) is 17.9 Å². The van der Waals surface area contributed by atoms with Crippen LogP contribution in [0.25, 0.3) is 16.8 Å². The van der Waals surface area contributed by atoms with Gasteiger partial charge in [0.2, 0.25) is 0 Å². The second-order valence-electron chi connectivity index (χ2n) is 9.71. The van der Waals surface area contributed by atoms with Crippen molar-refractivity contribution in [1.29, 1.82) is 0 Å². The number of rotatable bonds is 9. The summed E-state index contributed by atoms with van der Waals surface area (Å²) in [6.07, 6.45) is 2.27. The largest absolute Gasteiger partial charge is 0.494 e. The minimum Gasteiger partial charge on any atom is -0.494 e. The first-order valence-corrected chi connectivity index (χ1v) is 14.2. The number of urea groups is 1. The Kier molecular flexibility index (Phi) is 8.59. The molecule has 1 fully saturated rings. The highest BCUT2D eigenvalue weighted by molar-refractivity contribution is 9.10. The van der Waals surface area contributed by atoms with Crippen molar-refractivity contribution in [3.8, 4) is 17.2 Å². The summed E-state index contributed by atoms with van der Waals surface area (Å²) >= 11 is 3.56. The number of amides is 4. The van der Waals surface area contributed by atoms with Crippen LogP contribution in [0.1, 0.15) is 30.0 Å². The van der Waals surface area contributed by atoms with Gasteiger partial charge in [-0.3, -0.25) is 14.9 Å². The summed E-state index contributed by atoms with van der Waals surface area (Å²) in [5.41, 5.74) is 2.78. The molecule has 4 aromatic rings. The van der Waals surface area contributed by atoms with Crippen molar-refractivity contribution >= 4 is 56.3 Å². The zero-order valence-corrected chi connectivity index (χ0v) is 25.0.